The summed E-state index contributed by atoms with van der Waals surface area (Å²) in [5, 5.41) is 12.4. The van der Waals surface area contributed by atoms with Gasteiger partial charge in [0.25, 0.3) is 0 Å². The predicted molar refractivity (Wildman–Crippen MR) is 54.7 cm³/mol. The van der Waals surface area contributed by atoms with Crippen LogP contribution >= 0.6 is 11.8 Å². The van der Waals surface area contributed by atoms with Gasteiger partial charge in [-0.1, -0.05) is 6.92 Å². The van der Waals surface area contributed by atoms with Crippen LogP contribution in [0, 0.1) is 0 Å². The SMILES string of the molecule is CCSCCCNC1(CO)CC1. The zero-order valence-electron chi connectivity index (χ0n) is 7.81. The Balaban J connectivity index is 1.89. The van der Waals surface area contributed by atoms with Gasteiger partial charge < -0.3 is 10.4 Å². The highest BCUT2D eigenvalue weighted by Gasteiger charge is 2.40. The topological polar surface area (TPSA) is 32.3 Å². The maximum atomic E-state index is 8.99. The van der Waals surface area contributed by atoms with E-state index < -0.39 is 0 Å². The summed E-state index contributed by atoms with van der Waals surface area (Å²) in [6.07, 6.45) is 3.54. The summed E-state index contributed by atoms with van der Waals surface area (Å²) in [5.41, 5.74) is 0.136. The first-order chi connectivity index (χ1) is 5.83. The third-order valence-corrected chi connectivity index (χ3v) is 3.31. The van der Waals surface area contributed by atoms with Gasteiger partial charge in [0.15, 0.2) is 0 Å². The van der Waals surface area contributed by atoms with Crippen LogP contribution in [0.2, 0.25) is 0 Å². The summed E-state index contributed by atoms with van der Waals surface area (Å²) < 4.78 is 0. The van der Waals surface area contributed by atoms with Crippen molar-refractivity contribution in [3.8, 4) is 0 Å². The fraction of sp³-hybridized carbons (Fsp3) is 1.00. The largest absolute Gasteiger partial charge is 0.394 e. The molecule has 1 aliphatic rings. The Kier molecular flexibility index (Phi) is 4.40. The van der Waals surface area contributed by atoms with Crippen LogP contribution in [0.15, 0.2) is 0 Å². The molecule has 72 valence electrons. The minimum Gasteiger partial charge on any atom is -0.394 e. The van der Waals surface area contributed by atoms with Crippen molar-refractivity contribution in [3.63, 3.8) is 0 Å². The molecule has 2 N–H and O–H groups in total. The molecule has 1 rings (SSSR count). The van der Waals surface area contributed by atoms with Crippen LogP contribution in [0.5, 0.6) is 0 Å². The summed E-state index contributed by atoms with van der Waals surface area (Å²) in [6, 6.07) is 0. The minimum absolute atomic E-state index is 0.136. The average Bonchev–Trinajstić information content (AvgIpc) is 2.85. The maximum absolute atomic E-state index is 8.99. The van der Waals surface area contributed by atoms with E-state index in [4.69, 9.17) is 5.11 Å². The van der Waals surface area contributed by atoms with Gasteiger partial charge in [-0.15, -0.1) is 0 Å². The molecule has 2 nitrogen and oxygen atoms in total. The van der Waals surface area contributed by atoms with Crippen LogP contribution in [0.3, 0.4) is 0 Å². The van der Waals surface area contributed by atoms with Gasteiger partial charge in [-0.05, 0) is 37.3 Å². The molecule has 0 heterocycles. The van der Waals surface area contributed by atoms with Gasteiger partial charge >= 0.3 is 0 Å². The molecule has 0 bridgehead atoms. The van der Waals surface area contributed by atoms with Crippen LogP contribution in [-0.4, -0.2) is 35.3 Å². The molecule has 0 aromatic rings. The van der Waals surface area contributed by atoms with Crippen LogP contribution in [0.1, 0.15) is 26.2 Å². The van der Waals surface area contributed by atoms with Crippen LogP contribution in [-0.2, 0) is 0 Å². The van der Waals surface area contributed by atoms with Crippen LogP contribution in [0.25, 0.3) is 0 Å². The lowest BCUT2D eigenvalue weighted by molar-refractivity contribution is 0.231. The van der Waals surface area contributed by atoms with E-state index in [1.165, 1.54) is 17.9 Å². The highest BCUT2D eigenvalue weighted by atomic mass is 32.2. The van der Waals surface area contributed by atoms with Gasteiger partial charge in [0, 0.05) is 5.54 Å². The summed E-state index contributed by atoms with van der Waals surface area (Å²) in [6.45, 7) is 3.57. The van der Waals surface area contributed by atoms with E-state index in [1.807, 2.05) is 11.8 Å². The molecule has 0 radical (unpaired) electrons. The molecule has 1 saturated carbocycles. The van der Waals surface area contributed by atoms with E-state index in [1.54, 1.807) is 0 Å². The third kappa shape index (κ3) is 3.33. The molecule has 0 aromatic heterocycles. The average molecular weight is 189 g/mol. The lowest BCUT2D eigenvalue weighted by atomic mass is 10.3. The molecule has 0 aromatic carbocycles. The summed E-state index contributed by atoms with van der Waals surface area (Å²) in [7, 11) is 0. The Morgan fingerprint density at radius 3 is 2.75 bits per heavy atom. The Labute approximate surface area is 79.1 Å². The zero-order chi connectivity index (χ0) is 8.86. The molecule has 1 aliphatic carbocycles. The molecule has 0 atom stereocenters. The molecule has 0 amide bonds. The summed E-state index contributed by atoms with van der Waals surface area (Å²) in [4.78, 5) is 0. The Bertz CT molecular complexity index is 126. The minimum atomic E-state index is 0.136. The number of hydrogen-bond donors (Lipinski definition) is 2. The highest BCUT2D eigenvalue weighted by Crippen LogP contribution is 2.34. The number of hydrogen-bond acceptors (Lipinski definition) is 3. The second-order valence-electron chi connectivity index (χ2n) is 3.42. The lowest BCUT2D eigenvalue weighted by Crippen LogP contribution is -2.35. The van der Waals surface area contributed by atoms with Gasteiger partial charge in [0.1, 0.15) is 0 Å². The van der Waals surface area contributed by atoms with Crippen molar-refractivity contribution < 1.29 is 5.11 Å². The van der Waals surface area contributed by atoms with Gasteiger partial charge in [0.2, 0.25) is 0 Å². The second-order valence-corrected chi connectivity index (χ2v) is 4.81. The van der Waals surface area contributed by atoms with E-state index in [0.717, 1.165) is 19.4 Å². The monoisotopic (exact) mass is 189 g/mol. The van der Waals surface area contributed by atoms with Crippen molar-refractivity contribution in [2.24, 2.45) is 0 Å². The van der Waals surface area contributed by atoms with E-state index in [2.05, 4.69) is 12.2 Å². The van der Waals surface area contributed by atoms with Crippen molar-refractivity contribution in [2.75, 3.05) is 24.7 Å². The molecule has 1 fully saturated rings. The molecule has 12 heavy (non-hydrogen) atoms. The number of thioether (sulfide) groups is 1. The van der Waals surface area contributed by atoms with Crippen LogP contribution < -0.4 is 5.32 Å². The van der Waals surface area contributed by atoms with Crippen LogP contribution in [0.4, 0.5) is 0 Å². The lowest BCUT2D eigenvalue weighted by Gasteiger charge is -2.13. The molecule has 0 spiro atoms. The van der Waals surface area contributed by atoms with Gasteiger partial charge in [-0.3, -0.25) is 0 Å². The molecular weight excluding hydrogens is 170 g/mol. The standard InChI is InChI=1S/C9H19NOS/c1-2-12-7-3-6-10-9(8-11)4-5-9/h10-11H,2-8H2,1H3. The zero-order valence-corrected chi connectivity index (χ0v) is 8.62. The fourth-order valence-electron chi connectivity index (χ4n) is 1.21. The smallest absolute Gasteiger partial charge is 0.0613 e. The normalized spacial score (nSPS) is 19.5. The van der Waals surface area contributed by atoms with Crippen molar-refractivity contribution in [1.82, 2.24) is 5.32 Å². The number of nitrogens with one attached hydrogen (secondary N) is 1. The van der Waals surface area contributed by atoms with E-state index in [9.17, 15) is 0 Å². The van der Waals surface area contributed by atoms with Gasteiger partial charge in [-0.25, -0.2) is 0 Å². The fourth-order valence-corrected chi connectivity index (χ4v) is 1.85. The van der Waals surface area contributed by atoms with Crippen molar-refractivity contribution >= 4 is 11.8 Å². The van der Waals surface area contributed by atoms with E-state index in [0.29, 0.717) is 6.61 Å². The predicted octanol–water partition coefficient (Wildman–Crippen LogP) is 1.24. The van der Waals surface area contributed by atoms with Gasteiger partial charge in [-0.2, -0.15) is 11.8 Å². The van der Waals surface area contributed by atoms with Crippen molar-refractivity contribution in [1.29, 1.82) is 0 Å². The quantitative estimate of drug-likeness (QED) is 0.591. The molecule has 0 aliphatic heterocycles. The summed E-state index contributed by atoms with van der Waals surface area (Å²) >= 11 is 1.98. The Morgan fingerprint density at radius 2 is 2.25 bits per heavy atom. The molecule has 0 saturated heterocycles. The number of rotatable bonds is 7. The Hall–Kier alpha value is 0.270. The van der Waals surface area contributed by atoms with Gasteiger partial charge in [0.05, 0.1) is 6.61 Å². The maximum Gasteiger partial charge on any atom is 0.0613 e. The molecule has 0 unspecified atom stereocenters. The highest BCUT2D eigenvalue weighted by molar-refractivity contribution is 7.99. The number of aliphatic hydroxyl groups excluding tert-OH is 1. The Morgan fingerprint density at radius 1 is 1.50 bits per heavy atom. The van der Waals surface area contributed by atoms with Crippen molar-refractivity contribution in [2.45, 2.75) is 31.7 Å². The first kappa shape index (κ1) is 10.4. The second kappa shape index (κ2) is 5.10. The van der Waals surface area contributed by atoms with E-state index >= 15 is 0 Å². The molecule has 3 heteroatoms. The van der Waals surface area contributed by atoms with E-state index in [-0.39, 0.29) is 5.54 Å². The van der Waals surface area contributed by atoms with Crippen molar-refractivity contribution in [3.05, 3.63) is 0 Å². The molecular formula is C9H19NOS. The summed E-state index contributed by atoms with van der Waals surface area (Å²) in [5.74, 6) is 2.45. The third-order valence-electron chi connectivity index (χ3n) is 2.33. The first-order valence-electron chi connectivity index (χ1n) is 4.76. The first-order valence-corrected chi connectivity index (χ1v) is 5.92. The number of aliphatic hydroxyl groups is 1.